The van der Waals surface area contributed by atoms with Crippen molar-refractivity contribution in [2.75, 3.05) is 13.2 Å². The molecule has 2 unspecified atom stereocenters. The third kappa shape index (κ3) is 2.94. The molecule has 2 saturated heterocycles. The Morgan fingerprint density at radius 2 is 2.11 bits per heavy atom. The number of imide groups is 1. The molecular weight excluding hydrogens is 250 g/mol. The van der Waals surface area contributed by atoms with Crippen LogP contribution in [0.3, 0.4) is 0 Å². The van der Waals surface area contributed by atoms with Crippen molar-refractivity contribution in [3.05, 3.63) is 0 Å². The second kappa shape index (κ2) is 5.69. The number of hydrogen-bond acceptors (Lipinski definition) is 4. The minimum atomic E-state index is -1.28. The molecule has 0 bridgehead atoms. The average molecular weight is 269 g/mol. The Kier molecular flexibility index (Phi) is 4.19. The lowest BCUT2D eigenvalue weighted by Gasteiger charge is -2.34. The van der Waals surface area contributed by atoms with Gasteiger partial charge in [-0.15, -0.1) is 0 Å². The highest BCUT2D eigenvalue weighted by atomic mass is 16.5. The van der Waals surface area contributed by atoms with Crippen LogP contribution in [-0.4, -0.2) is 47.0 Å². The van der Waals surface area contributed by atoms with E-state index in [2.05, 4.69) is 0 Å². The van der Waals surface area contributed by atoms with Crippen LogP contribution in [0.2, 0.25) is 0 Å². The molecule has 2 amide bonds. The van der Waals surface area contributed by atoms with E-state index in [4.69, 9.17) is 9.84 Å². The number of piperidine rings is 1. The predicted octanol–water partition coefficient (Wildman–Crippen LogP) is 1.29. The lowest BCUT2D eigenvalue weighted by atomic mass is 9.84. The van der Waals surface area contributed by atoms with Crippen molar-refractivity contribution in [2.24, 2.45) is 11.8 Å². The summed E-state index contributed by atoms with van der Waals surface area (Å²) in [5, 5.41) is 9.00. The van der Waals surface area contributed by atoms with E-state index < -0.39 is 24.0 Å². The SMILES string of the molecule is C[C@H]1CC(C(=O)C2CCCCO2)C(=O)N(C(=O)O)C1. The zero-order valence-corrected chi connectivity index (χ0v) is 11.0. The molecule has 3 atom stereocenters. The number of carbonyl (C=O) groups is 3. The summed E-state index contributed by atoms with van der Waals surface area (Å²) in [7, 11) is 0. The summed E-state index contributed by atoms with van der Waals surface area (Å²) < 4.78 is 5.40. The molecule has 0 radical (unpaired) electrons. The number of nitrogens with zero attached hydrogens (tertiary/aromatic N) is 1. The Bertz CT molecular complexity index is 388. The van der Waals surface area contributed by atoms with E-state index in [1.807, 2.05) is 6.92 Å². The molecule has 2 aliphatic rings. The van der Waals surface area contributed by atoms with E-state index in [1.54, 1.807) is 0 Å². The molecule has 0 aromatic heterocycles. The Morgan fingerprint density at radius 1 is 1.37 bits per heavy atom. The largest absolute Gasteiger partial charge is 0.465 e. The van der Waals surface area contributed by atoms with Gasteiger partial charge in [0.15, 0.2) is 5.78 Å². The number of Topliss-reactive ketones (excluding diaryl/α,β-unsaturated/α-hetero) is 1. The molecule has 0 saturated carbocycles. The van der Waals surface area contributed by atoms with Gasteiger partial charge >= 0.3 is 6.09 Å². The molecule has 2 aliphatic heterocycles. The number of ether oxygens (including phenoxy) is 1. The first kappa shape index (κ1) is 14.0. The highest BCUT2D eigenvalue weighted by Crippen LogP contribution is 2.27. The van der Waals surface area contributed by atoms with Crippen molar-refractivity contribution < 1.29 is 24.2 Å². The standard InChI is InChI=1S/C13H19NO5/c1-8-6-9(12(16)14(7-8)13(17)18)11(15)10-4-2-3-5-19-10/h8-10H,2-7H2,1H3,(H,17,18)/t8-,9?,10?/m0/s1. The van der Waals surface area contributed by atoms with Crippen LogP contribution in [0.5, 0.6) is 0 Å². The summed E-state index contributed by atoms with van der Waals surface area (Å²) in [6.07, 6.45) is 1.07. The van der Waals surface area contributed by atoms with Crippen molar-refractivity contribution in [1.82, 2.24) is 4.90 Å². The number of amides is 2. The van der Waals surface area contributed by atoms with Crippen molar-refractivity contribution in [1.29, 1.82) is 0 Å². The first-order valence-corrected chi connectivity index (χ1v) is 6.70. The van der Waals surface area contributed by atoms with Crippen LogP contribution in [0.15, 0.2) is 0 Å². The van der Waals surface area contributed by atoms with Gasteiger partial charge in [0.05, 0.1) is 0 Å². The zero-order chi connectivity index (χ0) is 14.0. The molecule has 0 aromatic carbocycles. The lowest BCUT2D eigenvalue weighted by Crippen LogP contribution is -2.51. The second-order valence-electron chi connectivity index (χ2n) is 5.38. The number of likely N-dealkylation sites (tertiary alicyclic amines) is 1. The third-order valence-electron chi connectivity index (χ3n) is 3.77. The average Bonchev–Trinajstić information content (AvgIpc) is 2.41. The number of hydrogen-bond donors (Lipinski definition) is 1. The van der Waals surface area contributed by atoms with Crippen LogP contribution in [-0.2, 0) is 14.3 Å². The van der Waals surface area contributed by atoms with Gasteiger partial charge in [0.1, 0.15) is 12.0 Å². The third-order valence-corrected chi connectivity index (χ3v) is 3.77. The summed E-state index contributed by atoms with van der Waals surface area (Å²) in [6.45, 7) is 2.56. The maximum Gasteiger partial charge on any atom is 0.414 e. The number of ketones is 1. The molecule has 0 aromatic rings. The topological polar surface area (TPSA) is 83.9 Å². The molecule has 6 nitrogen and oxygen atoms in total. The lowest BCUT2D eigenvalue weighted by molar-refractivity contribution is -0.150. The second-order valence-corrected chi connectivity index (χ2v) is 5.38. The maximum atomic E-state index is 12.3. The fraction of sp³-hybridized carbons (Fsp3) is 0.769. The van der Waals surface area contributed by atoms with Gasteiger partial charge in [0.25, 0.3) is 0 Å². The fourth-order valence-electron chi connectivity index (χ4n) is 2.77. The minimum Gasteiger partial charge on any atom is -0.465 e. The molecular formula is C13H19NO5. The fourth-order valence-corrected chi connectivity index (χ4v) is 2.77. The van der Waals surface area contributed by atoms with Gasteiger partial charge in [-0.1, -0.05) is 6.92 Å². The highest BCUT2D eigenvalue weighted by molar-refractivity contribution is 6.07. The highest BCUT2D eigenvalue weighted by Gasteiger charge is 2.42. The van der Waals surface area contributed by atoms with Gasteiger partial charge in [0, 0.05) is 13.2 Å². The van der Waals surface area contributed by atoms with E-state index in [1.165, 1.54) is 0 Å². The smallest absolute Gasteiger partial charge is 0.414 e. The van der Waals surface area contributed by atoms with Crippen LogP contribution in [0, 0.1) is 11.8 Å². The van der Waals surface area contributed by atoms with Gasteiger partial charge in [-0.3, -0.25) is 9.59 Å². The van der Waals surface area contributed by atoms with E-state index in [9.17, 15) is 14.4 Å². The Hall–Kier alpha value is -1.43. The van der Waals surface area contributed by atoms with Gasteiger partial charge in [-0.25, -0.2) is 9.69 Å². The van der Waals surface area contributed by atoms with E-state index in [-0.39, 0.29) is 18.2 Å². The molecule has 1 N–H and O–H groups in total. The zero-order valence-electron chi connectivity index (χ0n) is 11.0. The van der Waals surface area contributed by atoms with Crippen molar-refractivity contribution in [3.8, 4) is 0 Å². The first-order chi connectivity index (χ1) is 9.00. The van der Waals surface area contributed by atoms with Crippen LogP contribution >= 0.6 is 0 Å². The van der Waals surface area contributed by atoms with Crippen molar-refractivity contribution >= 4 is 17.8 Å². The van der Waals surface area contributed by atoms with E-state index in [0.29, 0.717) is 19.4 Å². The molecule has 106 valence electrons. The summed E-state index contributed by atoms with van der Waals surface area (Å²) in [5.74, 6) is -1.69. The van der Waals surface area contributed by atoms with Crippen LogP contribution in [0.4, 0.5) is 4.79 Å². The van der Waals surface area contributed by atoms with Crippen LogP contribution in [0.1, 0.15) is 32.6 Å². The Morgan fingerprint density at radius 3 is 2.68 bits per heavy atom. The first-order valence-electron chi connectivity index (χ1n) is 6.70. The molecule has 19 heavy (non-hydrogen) atoms. The van der Waals surface area contributed by atoms with Gasteiger partial charge < -0.3 is 9.84 Å². The number of rotatable bonds is 2. The maximum absolute atomic E-state index is 12.3. The molecule has 0 aliphatic carbocycles. The van der Waals surface area contributed by atoms with Crippen LogP contribution in [0.25, 0.3) is 0 Å². The predicted molar refractivity (Wildman–Crippen MR) is 65.6 cm³/mol. The van der Waals surface area contributed by atoms with Crippen LogP contribution < -0.4 is 0 Å². The molecule has 2 rings (SSSR count). The van der Waals surface area contributed by atoms with Gasteiger partial charge in [0.2, 0.25) is 5.91 Å². The summed E-state index contributed by atoms with van der Waals surface area (Å²) in [6, 6.07) is 0. The number of carboxylic acid groups (broad SMARTS) is 1. The monoisotopic (exact) mass is 269 g/mol. The summed E-state index contributed by atoms with van der Waals surface area (Å²) >= 11 is 0. The molecule has 2 heterocycles. The number of carbonyl (C=O) groups excluding carboxylic acids is 2. The summed E-state index contributed by atoms with van der Waals surface area (Å²) in [4.78, 5) is 36.2. The van der Waals surface area contributed by atoms with E-state index >= 15 is 0 Å². The van der Waals surface area contributed by atoms with Gasteiger partial charge in [-0.05, 0) is 31.6 Å². The quantitative estimate of drug-likeness (QED) is 0.763. The molecule has 0 spiro atoms. The van der Waals surface area contributed by atoms with Gasteiger partial charge in [-0.2, -0.15) is 0 Å². The minimum absolute atomic E-state index is 0.00587. The van der Waals surface area contributed by atoms with Crippen molar-refractivity contribution in [3.63, 3.8) is 0 Å². The molecule has 6 heteroatoms. The van der Waals surface area contributed by atoms with Crippen molar-refractivity contribution in [2.45, 2.75) is 38.7 Å². The Labute approximate surface area is 111 Å². The summed E-state index contributed by atoms with van der Waals surface area (Å²) in [5.41, 5.74) is 0. The molecule has 2 fully saturated rings. The Balaban J connectivity index is 2.10. The normalized spacial score (nSPS) is 32.2. The van der Waals surface area contributed by atoms with E-state index in [0.717, 1.165) is 17.7 Å².